The van der Waals surface area contributed by atoms with E-state index in [4.69, 9.17) is 10.5 Å². The molecule has 1 heterocycles. The summed E-state index contributed by atoms with van der Waals surface area (Å²) in [5.41, 5.74) is 7.02. The van der Waals surface area contributed by atoms with Gasteiger partial charge in [-0.15, -0.1) is 0 Å². The molecule has 1 atom stereocenters. The molecular weight excluding hydrogens is 220 g/mol. The van der Waals surface area contributed by atoms with E-state index in [1.807, 2.05) is 6.92 Å². The summed E-state index contributed by atoms with van der Waals surface area (Å²) in [4.78, 5) is 2.31. The maximum atomic E-state index is 5.64. The molecule has 0 saturated heterocycles. The maximum absolute atomic E-state index is 5.64. The lowest BCUT2D eigenvalue weighted by molar-refractivity contribution is 0.0559. The highest BCUT2D eigenvalue weighted by Crippen LogP contribution is 2.09. The van der Waals surface area contributed by atoms with E-state index in [2.05, 4.69) is 28.8 Å². The van der Waals surface area contributed by atoms with Crippen LogP contribution in [0.15, 0.2) is 16.8 Å². The van der Waals surface area contributed by atoms with Crippen LogP contribution in [-0.4, -0.2) is 37.7 Å². The van der Waals surface area contributed by atoms with E-state index >= 15 is 0 Å². The van der Waals surface area contributed by atoms with Gasteiger partial charge in [-0.2, -0.15) is 11.3 Å². The fourth-order valence-electron chi connectivity index (χ4n) is 1.64. The average molecular weight is 242 g/mol. The fraction of sp³-hybridized carbons (Fsp3) is 0.667. The van der Waals surface area contributed by atoms with Crippen molar-refractivity contribution in [3.8, 4) is 0 Å². The normalized spacial score (nSPS) is 13.2. The Kier molecular flexibility index (Phi) is 6.64. The molecule has 0 aliphatic heterocycles. The Morgan fingerprint density at radius 1 is 1.56 bits per heavy atom. The number of nitrogens with zero attached hydrogens (tertiary/aromatic N) is 1. The Balaban J connectivity index is 2.21. The molecular formula is C12H22N2OS. The van der Waals surface area contributed by atoms with Gasteiger partial charge in [0.1, 0.15) is 0 Å². The molecule has 0 bridgehead atoms. The molecule has 0 aliphatic rings. The van der Waals surface area contributed by atoms with E-state index in [0.29, 0.717) is 6.54 Å². The summed E-state index contributed by atoms with van der Waals surface area (Å²) >= 11 is 1.75. The molecule has 1 rings (SSSR count). The smallest absolute Gasteiger partial charge is 0.0709 e. The van der Waals surface area contributed by atoms with Gasteiger partial charge >= 0.3 is 0 Å². The summed E-state index contributed by atoms with van der Waals surface area (Å²) in [6.45, 7) is 5.40. The van der Waals surface area contributed by atoms with Crippen molar-refractivity contribution in [2.75, 3.05) is 26.7 Å². The van der Waals surface area contributed by atoms with Crippen molar-refractivity contribution < 1.29 is 4.74 Å². The van der Waals surface area contributed by atoms with Gasteiger partial charge in [0.25, 0.3) is 0 Å². The minimum absolute atomic E-state index is 0.204. The number of thiophene rings is 1. The Bertz CT molecular complexity index is 264. The SMILES string of the molecule is CCOC(CN)CCN(C)Cc1ccsc1. The van der Waals surface area contributed by atoms with Crippen molar-refractivity contribution in [1.29, 1.82) is 0 Å². The van der Waals surface area contributed by atoms with Crippen molar-refractivity contribution in [3.63, 3.8) is 0 Å². The van der Waals surface area contributed by atoms with Crippen molar-refractivity contribution in [2.24, 2.45) is 5.73 Å². The lowest BCUT2D eigenvalue weighted by Crippen LogP contribution is -2.29. The Morgan fingerprint density at radius 3 is 2.94 bits per heavy atom. The molecule has 0 saturated carbocycles. The Hall–Kier alpha value is -0.420. The summed E-state index contributed by atoms with van der Waals surface area (Å²) < 4.78 is 5.53. The van der Waals surface area contributed by atoms with Crippen molar-refractivity contribution in [1.82, 2.24) is 4.90 Å². The second-order valence-corrected chi connectivity index (χ2v) is 4.75. The zero-order valence-corrected chi connectivity index (χ0v) is 11.0. The molecule has 0 aromatic carbocycles. The zero-order chi connectivity index (χ0) is 11.8. The number of ether oxygens (including phenoxy) is 1. The summed E-state index contributed by atoms with van der Waals surface area (Å²) in [5, 5.41) is 4.31. The first kappa shape index (κ1) is 13.6. The van der Waals surface area contributed by atoms with E-state index in [9.17, 15) is 0 Å². The number of nitrogens with two attached hydrogens (primary N) is 1. The van der Waals surface area contributed by atoms with Crippen LogP contribution >= 0.6 is 11.3 Å². The van der Waals surface area contributed by atoms with Crippen LogP contribution in [0.4, 0.5) is 0 Å². The lowest BCUT2D eigenvalue weighted by atomic mass is 10.2. The van der Waals surface area contributed by atoms with Gasteiger partial charge in [-0.1, -0.05) is 0 Å². The average Bonchev–Trinajstić information content (AvgIpc) is 2.76. The second kappa shape index (κ2) is 7.79. The number of rotatable bonds is 8. The molecule has 0 aliphatic carbocycles. The van der Waals surface area contributed by atoms with E-state index < -0.39 is 0 Å². The summed E-state index contributed by atoms with van der Waals surface area (Å²) in [6, 6.07) is 2.17. The third kappa shape index (κ3) is 5.07. The molecule has 0 amide bonds. The third-order valence-corrected chi connectivity index (χ3v) is 3.26. The first-order chi connectivity index (χ1) is 7.76. The van der Waals surface area contributed by atoms with Crippen LogP contribution in [0, 0.1) is 0 Å². The third-order valence-electron chi connectivity index (χ3n) is 2.53. The minimum atomic E-state index is 0.204. The van der Waals surface area contributed by atoms with Crippen LogP contribution in [0.2, 0.25) is 0 Å². The van der Waals surface area contributed by atoms with Gasteiger partial charge in [0.2, 0.25) is 0 Å². The molecule has 0 spiro atoms. The molecule has 92 valence electrons. The number of hydrogen-bond acceptors (Lipinski definition) is 4. The predicted octanol–water partition coefficient (Wildman–Crippen LogP) is 1.93. The maximum Gasteiger partial charge on any atom is 0.0709 e. The largest absolute Gasteiger partial charge is 0.377 e. The predicted molar refractivity (Wildman–Crippen MR) is 69.7 cm³/mol. The highest BCUT2D eigenvalue weighted by Gasteiger charge is 2.08. The van der Waals surface area contributed by atoms with Crippen molar-refractivity contribution in [2.45, 2.75) is 26.0 Å². The molecule has 1 aromatic heterocycles. The van der Waals surface area contributed by atoms with E-state index in [1.165, 1.54) is 5.56 Å². The first-order valence-electron chi connectivity index (χ1n) is 5.77. The molecule has 4 heteroatoms. The molecule has 0 radical (unpaired) electrons. The van der Waals surface area contributed by atoms with E-state index in [0.717, 1.165) is 26.1 Å². The molecule has 2 N–H and O–H groups in total. The van der Waals surface area contributed by atoms with Crippen LogP contribution in [0.25, 0.3) is 0 Å². The Labute approximate surface area is 102 Å². The molecule has 1 unspecified atom stereocenters. The highest BCUT2D eigenvalue weighted by atomic mass is 32.1. The summed E-state index contributed by atoms with van der Waals surface area (Å²) in [6.07, 6.45) is 1.21. The van der Waals surface area contributed by atoms with Gasteiger partial charge in [-0.05, 0) is 42.8 Å². The van der Waals surface area contributed by atoms with Gasteiger partial charge < -0.3 is 15.4 Å². The van der Waals surface area contributed by atoms with Crippen LogP contribution in [0.1, 0.15) is 18.9 Å². The summed E-state index contributed by atoms with van der Waals surface area (Å²) in [7, 11) is 2.14. The lowest BCUT2D eigenvalue weighted by Gasteiger charge is -2.20. The molecule has 3 nitrogen and oxygen atoms in total. The van der Waals surface area contributed by atoms with Gasteiger partial charge in [0.15, 0.2) is 0 Å². The summed E-state index contributed by atoms with van der Waals surface area (Å²) in [5.74, 6) is 0. The van der Waals surface area contributed by atoms with E-state index in [-0.39, 0.29) is 6.10 Å². The van der Waals surface area contributed by atoms with Crippen molar-refractivity contribution >= 4 is 11.3 Å². The first-order valence-corrected chi connectivity index (χ1v) is 6.71. The second-order valence-electron chi connectivity index (χ2n) is 3.97. The van der Waals surface area contributed by atoms with E-state index in [1.54, 1.807) is 11.3 Å². The fourth-order valence-corrected chi connectivity index (χ4v) is 2.30. The molecule has 1 aromatic rings. The van der Waals surface area contributed by atoms with Gasteiger partial charge in [-0.3, -0.25) is 0 Å². The molecule has 0 fully saturated rings. The minimum Gasteiger partial charge on any atom is -0.377 e. The topological polar surface area (TPSA) is 38.5 Å². The van der Waals surface area contributed by atoms with Gasteiger partial charge in [-0.25, -0.2) is 0 Å². The highest BCUT2D eigenvalue weighted by molar-refractivity contribution is 7.07. The Morgan fingerprint density at radius 2 is 2.38 bits per heavy atom. The standard InChI is InChI=1S/C12H22N2OS/c1-3-15-12(8-13)4-6-14(2)9-11-5-7-16-10-11/h5,7,10,12H,3-4,6,8-9,13H2,1-2H3. The van der Waals surface area contributed by atoms with Gasteiger partial charge in [0, 0.05) is 26.2 Å². The zero-order valence-electron chi connectivity index (χ0n) is 10.2. The molecule has 16 heavy (non-hydrogen) atoms. The van der Waals surface area contributed by atoms with Crippen LogP contribution in [0.3, 0.4) is 0 Å². The van der Waals surface area contributed by atoms with Crippen LogP contribution < -0.4 is 5.73 Å². The van der Waals surface area contributed by atoms with Gasteiger partial charge in [0.05, 0.1) is 6.10 Å². The van der Waals surface area contributed by atoms with Crippen molar-refractivity contribution in [3.05, 3.63) is 22.4 Å². The number of hydrogen-bond donors (Lipinski definition) is 1. The monoisotopic (exact) mass is 242 g/mol. The van der Waals surface area contributed by atoms with Crippen LogP contribution in [-0.2, 0) is 11.3 Å². The van der Waals surface area contributed by atoms with Crippen LogP contribution in [0.5, 0.6) is 0 Å². The quantitative estimate of drug-likeness (QED) is 0.757.